The summed E-state index contributed by atoms with van der Waals surface area (Å²) in [6.07, 6.45) is 4.18. The Morgan fingerprint density at radius 2 is 0.939 bits per heavy atom. The number of nitrogens with zero attached hydrogens (tertiary/aromatic N) is 2. The Hall–Kier alpha value is -3.76. The molecule has 2 atom stereocenters. The monoisotopic (exact) mass is 794 g/mol. The van der Waals surface area contributed by atoms with Crippen molar-refractivity contribution in [3.63, 3.8) is 0 Å². The van der Waals surface area contributed by atoms with Gasteiger partial charge in [-0.05, 0) is 60.7 Å². The minimum absolute atomic E-state index is 0.0191. The van der Waals surface area contributed by atoms with Gasteiger partial charge in [0.25, 0.3) is 0 Å². The number of primary sulfonamides is 2. The Bertz CT molecular complexity index is 1960. The Labute approximate surface area is 298 Å². The molecule has 2 aliphatic rings. The summed E-state index contributed by atoms with van der Waals surface area (Å²) in [5, 5.41) is 30.7. The van der Waals surface area contributed by atoms with Crippen molar-refractivity contribution in [3.05, 3.63) is 132 Å². The second kappa shape index (κ2) is 17.3. The average molecular weight is 797 g/mol. The van der Waals surface area contributed by atoms with Crippen LogP contribution in [-0.4, -0.2) is 39.5 Å². The fourth-order valence-corrected chi connectivity index (χ4v) is 5.35. The molecular weight excluding hydrogens is 769 g/mol. The van der Waals surface area contributed by atoms with Crippen molar-refractivity contribution in [1.29, 1.82) is 0 Å². The number of nitrogens with two attached hydrogens (primary N) is 2. The number of rotatable bonds is 6. The second-order valence-electron chi connectivity index (χ2n) is 10.0. The van der Waals surface area contributed by atoms with Gasteiger partial charge in [0.2, 0.25) is 20.0 Å². The van der Waals surface area contributed by atoms with Crippen LogP contribution in [0.25, 0.3) is 0 Å². The third-order valence-electron chi connectivity index (χ3n) is 6.76. The zero-order valence-electron chi connectivity index (χ0n) is 25.4. The maximum absolute atomic E-state index is 11.2. The van der Waals surface area contributed by atoms with Crippen LogP contribution in [0.1, 0.15) is 23.3 Å². The van der Waals surface area contributed by atoms with Gasteiger partial charge in [-0.25, -0.2) is 27.1 Å². The van der Waals surface area contributed by atoms with Crippen molar-refractivity contribution in [2.75, 3.05) is 0 Å². The first-order valence-corrected chi connectivity index (χ1v) is 24.9. The Balaban J connectivity index is 0.000000205. The first-order chi connectivity index (χ1) is 23.3. The topological polar surface area (TPSA) is 204 Å². The molecule has 0 radical (unpaired) electrons. The molecule has 4 aromatic rings. The fraction of sp³-hybridized carbons (Fsp3) is 0.0625. The average Bonchev–Trinajstić information content (AvgIpc) is 3.08. The van der Waals surface area contributed by atoms with E-state index in [4.69, 9.17) is 39.1 Å². The molecule has 2 heterocycles. The number of hydrogen-bond donors (Lipinski definition) is 4. The van der Waals surface area contributed by atoms with Crippen molar-refractivity contribution in [2.24, 2.45) is 20.3 Å². The van der Waals surface area contributed by atoms with Gasteiger partial charge >= 0.3 is 34.5 Å². The summed E-state index contributed by atoms with van der Waals surface area (Å²) in [4.78, 5) is 8.45. The van der Waals surface area contributed by atoms with E-state index < -0.39 is 47.4 Å². The molecule has 0 saturated heterocycles. The van der Waals surface area contributed by atoms with Crippen LogP contribution in [0, 0.1) is 0 Å². The van der Waals surface area contributed by atoms with E-state index in [1.54, 1.807) is 24.3 Å². The summed E-state index contributed by atoms with van der Waals surface area (Å²) < 4.78 is 55.7. The molecule has 2 unspecified atom stereocenters. The zero-order chi connectivity index (χ0) is 35.6. The van der Waals surface area contributed by atoms with E-state index in [1.165, 1.54) is 73.5 Å². The Morgan fingerprint density at radius 1 is 0.612 bits per heavy atom. The van der Waals surface area contributed by atoms with Gasteiger partial charge in [0, 0.05) is 34.7 Å². The van der Waals surface area contributed by atoms with E-state index in [1.807, 2.05) is 24.3 Å². The van der Waals surface area contributed by atoms with Crippen LogP contribution in [0.3, 0.4) is 0 Å². The quantitative estimate of drug-likeness (QED) is 0.145. The van der Waals surface area contributed by atoms with Crippen LogP contribution < -0.4 is 19.8 Å². The summed E-state index contributed by atoms with van der Waals surface area (Å²) in [5.41, 5.74) is 3.40. The van der Waals surface area contributed by atoms with Crippen LogP contribution in [0.4, 0.5) is 11.4 Å². The number of aliphatic hydroxyl groups is 2. The SMILES string of the molecule is NS(=O)(=O)c1ccc(N=CC2=COc3ccccc3C2O)cc1.NS(=O)(=O)c1ccc(N=CC2=COc3ccccc3C2O)cc1.[Cl][Zn][Cl]. The van der Waals surface area contributed by atoms with Crippen molar-refractivity contribution in [3.8, 4) is 11.5 Å². The minimum atomic E-state index is -3.72. The summed E-state index contributed by atoms with van der Waals surface area (Å²) >= 11 is -0.931. The molecule has 0 spiro atoms. The van der Waals surface area contributed by atoms with Gasteiger partial charge in [0.1, 0.15) is 23.7 Å². The molecule has 12 nitrogen and oxygen atoms in total. The van der Waals surface area contributed by atoms with Crippen LogP contribution >= 0.6 is 19.4 Å². The summed E-state index contributed by atoms with van der Waals surface area (Å²) in [7, 11) is 2.46. The van der Waals surface area contributed by atoms with E-state index in [0.717, 1.165) is 0 Å². The maximum atomic E-state index is 11.2. The number of para-hydroxylation sites is 2. The molecule has 6 rings (SSSR count). The van der Waals surface area contributed by atoms with Gasteiger partial charge < -0.3 is 19.7 Å². The van der Waals surface area contributed by atoms with Gasteiger partial charge in [-0.2, -0.15) is 0 Å². The number of benzene rings is 4. The molecule has 4 aromatic carbocycles. The van der Waals surface area contributed by atoms with Crippen molar-refractivity contribution in [1.82, 2.24) is 0 Å². The second-order valence-corrected chi connectivity index (χ2v) is 17.8. The number of halogens is 2. The van der Waals surface area contributed by atoms with Crippen molar-refractivity contribution < 1.29 is 51.7 Å². The first-order valence-electron chi connectivity index (χ1n) is 14.0. The third-order valence-corrected chi connectivity index (χ3v) is 8.62. The summed E-state index contributed by atoms with van der Waals surface area (Å²) in [6, 6.07) is 26.0. The summed E-state index contributed by atoms with van der Waals surface area (Å²) in [6.45, 7) is 0. The standard InChI is InChI=1S/2C16H14N2O4S.2ClH.Zn/c2*17-23(20,21)13-7-5-12(6-8-13)18-9-11-10-22-15-4-2-1-3-14(15)16(11)19;;;/h2*1-10,16,19H,(H2,17,20,21);2*1H;/q;;;;+2/p-2. The number of sulfonamides is 2. The molecule has 252 valence electrons. The number of aliphatic hydroxyl groups excluding tert-OH is 2. The van der Waals surface area contributed by atoms with Gasteiger partial charge in [-0.3, -0.25) is 9.98 Å². The van der Waals surface area contributed by atoms with E-state index >= 15 is 0 Å². The molecule has 0 fully saturated rings. The number of hydrogen-bond acceptors (Lipinski definition) is 10. The molecule has 0 amide bonds. The molecule has 0 aromatic heterocycles. The van der Waals surface area contributed by atoms with Crippen LogP contribution in [0.15, 0.2) is 141 Å². The van der Waals surface area contributed by atoms with Crippen LogP contribution in [0.5, 0.6) is 11.5 Å². The van der Waals surface area contributed by atoms with Gasteiger partial charge in [-0.15, -0.1) is 0 Å². The number of aliphatic imine (C=N–C) groups is 2. The van der Waals surface area contributed by atoms with E-state index in [2.05, 4.69) is 9.98 Å². The summed E-state index contributed by atoms with van der Waals surface area (Å²) in [5.74, 6) is 1.21. The van der Waals surface area contributed by atoms with Crippen molar-refractivity contribution >= 4 is 63.2 Å². The van der Waals surface area contributed by atoms with Gasteiger partial charge in [-0.1, -0.05) is 36.4 Å². The van der Waals surface area contributed by atoms with E-state index in [-0.39, 0.29) is 9.79 Å². The molecule has 6 N–H and O–H groups in total. The van der Waals surface area contributed by atoms with Gasteiger partial charge in [0.15, 0.2) is 0 Å². The fourth-order valence-electron chi connectivity index (χ4n) is 4.32. The molecule has 0 saturated carbocycles. The molecule has 0 aliphatic carbocycles. The third kappa shape index (κ3) is 10.6. The Morgan fingerprint density at radius 3 is 1.27 bits per heavy atom. The number of ether oxygens (including phenoxy) is 2. The zero-order valence-corrected chi connectivity index (χ0v) is 31.5. The molecule has 2 aliphatic heterocycles. The number of fused-ring (bicyclic) bond motifs is 2. The predicted octanol–water partition coefficient (Wildman–Crippen LogP) is 5.47. The Kier molecular flexibility index (Phi) is 13.4. The van der Waals surface area contributed by atoms with Crippen LogP contribution in [0.2, 0.25) is 0 Å². The molecule has 0 bridgehead atoms. The van der Waals surface area contributed by atoms with E-state index in [0.29, 0.717) is 45.1 Å². The normalized spacial score (nSPS) is 16.6. The van der Waals surface area contributed by atoms with Crippen molar-refractivity contribution in [2.45, 2.75) is 22.0 Å². The molecular formula is C32H28Cl2N4O8S2Zn. The van der Waals surface area contributed by atoms with E-state index in [9.17, 15) is 27.0 Å². The molecule has 49 heavy (non-hydrogen) atoms. The molecule has 17 heteroatoms. The predicted molar refractivity (Wildman–Crippen MR) is 184 cm³/mol. The van der Waals surface area contributed by atoms with Crippen LogP contribution in [-0.2, 0) is 35.2 Å². The van der Waals surface area contributed by atoms with Gasteiger partial charge in [0.05, 0.1) is 33.7 Å². The first kappa shape index (κ1) is 38.1.